The van der Waals surface area contributed by atoms with E-state index in [2.05, 4.69) is 0 Å². The Morgan fingerprint density at radius 1 is 1.53 bits per heavy atom. The molecule has 1 aromatic rings. The van der Waals surface area contributed by atoms with E-state index in [1.165, 1.54) is 12.1 Å². The molecule has 0 aliphatic carbocycles. The lowest BCUT2D eigenvalue weighted by molar-refractivity contribution is -0.142. The van der Waals surface area contributed by atoms with Crippen LogP contribution in [-0.4, -0.2) is 17.7 Å². The summed E-state index contributed by atoms with van der Waals surface area (Å²) in [5.74, 6) is -1.09. The average Bonchev–Trinajstić information content (AvgIpc) is 2.39. The van der Waals surface area contributed by atoms with Gasteiger partial charge in [0.05, 0.1) is 12.5 Å². The highest BCUT2D eigenvalue weighted by Gasteiger charge is 2.23. The Morgan fingerprint density at radius 2 is 2.33 bits per heavy atom. The Bertz CT molecular complexity index is 389. The van der Waals surface area contributed by atoms with Gasteiger partial charge in [-0.3, -0.25) is 4.79 Å². The largest absolute Gasteiger partial charge is 0.493 e. The Balaban J connectivity index is 2.31. The molecule has 1 unspecified atom stereocenters. The monoisotopic (exact) mass is 210 g/mol. The number of aliphatic carboxylic acids is 1. The van der Waals surface area contributed by atoms with Gasteiger partial charge in [0.1, 0.15) is 11.6 Å². The van der Waals surface area contributed by atoms with Crippen LogP contribution in [0.15, 0.2) is 18.2 Å². The first-order valence-electron chi connectivity index (χ1n) is 4.81. The van der Waals surface area contributed by atoms with E-state index < -0.39 is 11.9 Å². The van der Waals surface area contributed by atoms with Gasteiger partial charge in [-0.2, -0.15) is 0 Å². The summed E-state index contributed by atoms with van der Waals surface area (Å²) in [6.07, 6.45) is 0.800. The van der Waals surface area contributed by atoms with Gasteiger partial charge >= 0.3 is 5.97 Å². The van der Waals surface area contributed by atoms with Gasteiger partial charge in [-0.1, -0.05) is 0 Å². The number of hydrogen-bond acceptors (Lipinski definition) is 2. The fourth-order valence-electron chi connectivity index (χ4n) is 1.74. The molecule has 0 saturated heterocycles. The van der Waals surface area contributed by atoms with Crippen molar-refractivity contribution in [2.45, 2.75) is 12.8 Å². The van der Waals surface area contributed by atoms with Crippen LogP contribution in [0.2, 0.25) is 0 Å². The molecule has 1 heterocycles. The second-order valence-electron chi connectivity index (χ2n) is 3.63. The first-order chi connectivity index (χ1) is 7.16. The van der Waals surface area contributed by atoms with Crippen molar-refractivity contribution in [1.82, 2.24) is 0 Å². The lowest BCUT2D eigenvalue weighted by atomic mass is 9.97. The molecule has 2 rings (SSSR count). The summed E-state index contributed by atoms with van der Waals surface area (Å²) in [7, 11) is 0. The predicted octanol–water partition coefficient (Wildman–Crippen LogP) is 1.85. The van der Waals surface area contributed by atoms with E-state index in [9.17, 15) is 9.18 Å². The predicted molar refractivity (Wildman–Crippen MR) is 51.3 cm³/mol. The zero-order valence-corrected chi connectivity index (χ0v) is 8.07. The molecule has 0 spiro atoms. The number of benzene rings is 1. The van der Waals surface area contributed by atoms with Gasteiger partial charge in [0.15, 0.2) is 0 Å². The van der Waals surface area contributed by atoms with Crippen LogP contribution in [0, 0.1) is 11.7 Å². The van der Waals surface area contributed by atoms with Crippen molar-refractivity contribution in [2.75, 3.05) is 6.61 Å². The maximum Gasteiger partial charge on any atom is 0.306 e. The van der Waals surface area contributed by atoms with E-state index in [1.54, 1.807) is 6.07 Å². The summed E-state index contributed by atoms with van der Waals surface area (Å²) in [5.41, 5.74) is 0.639. The van der Waals surface area contributed by atoms with Crippen molar-refractivity contribution in [3.63, 3.8) is 0 Å². The zero-order valence-electron chi connectivity index (χ0n) is 8.07. The molecule has 0 bridgehead atoms. The van der Waals surface area contributed by atoms with Crippen molar-refractivity contribution in [1.29, 1.82) is 0 Å². The Kier molecular flexibility index (Phi) is 2.58. The maximum absolute atomic E-state index is 13.0. The third-order valence-electron chi connectivity index (χ3n) is 2.56. The first kappa shape index (κ1) is 9.96. The van der Waals surface area contributed by atoms with E-state index in [0.717, 1.165) is 0 Å². The zero-order chi connectivity index (χ0) is 10.8. The second-order valence-corrected chi connectivity index (χ2v) is 3.63. The number of rotatable bonds is 1. The highest BCUT2D eigenvalue weighted by Crippen LogP contribution is 2.27. The van der Waals surface area contributed by atoms with Gasteiger partial charge in [0.2, 0.25) is 0 Å². The number of carboxylic acid groups (broad SMARTS) is 1. The highest BCUT2D eigenvalue weighted by atomic mass is 19.1. The molecule has 4 heteroatoms. The molecule has 1 aliphatic heterocycles. The van der Waals surface area contributed by atoms with Crippen molar-refractivity contribution < 1.29 is 19.0 Å². The number of ether oxygens (including phenoxy) is 1. The van der Waals surface area contributed by atoms with Gasteiger partial charge < -0.3 is 9.84 Å². The van der Waals surface area contributed by atoms with Crippen molar-refractivity contribution >= 4 is 5.97 Å². The highest BCUT2D eigenvalue weighted by molar-refractivity contribution is 5.70. The number of carbonyl (C=O) groups is 1. The van der Waals surface area contributed by atoms with Crippen LogP contribution in [0.3, 0.4) is 0 Å². The van der Waals surface area contributed by atoms with E-state index in [-0.39, 0.29) is 5.82 Å². The topological polar surface area (TPSA) is 46.5 Å². The summed E-state index contributed by atoms with van der Waals surface area (Å²) >= 11 is 0. The molecule has 0 aromatic heterocycles. The molecule has 0 saturated carbocycles. The molecule has 1 aliphatic rings. The standard InChI is InChI=1S/C11H11FO3/c12-9-1-2-10-8(6-9)5-7(11(13)14)3-4-15-10/h1-2,6-7H,3-5H2,(H,13,14). The minimum absolute atomic E-state index is 0.336. The van der Waals surface area contributed by atoms with Crippen LogP contribution in [-0.2, 0) is 11.2 Å². The summed E-state index contributed by atoms with van der Waals surface area (Å²) < 4.78 is 18.3. The third-order valence-corrected chi connectivity index (χ3v) is 2.56. The van der Waals surface area contributed by atoms with Crippen LogP contribution >= 0.6 is 0 Å². The molecule has 1 aromatic carbocycles. The summed E-state index contributed by atoms with van der Waals surface area (Å²) in [6.45, 7) is 0.371. The van der Waals surface area contributed by atoms with Gasteiger partial charge in [0, 0.05) is 0 Å². The van der Waals surface area contributed by atoms with E-state index >= 15 is 0 Å². The Morgan fingerprint density at radius 3 is 3.07 bits per heavy atom. The van der Waals surface area contributed by atoms with Crippen LogP contribution in [0.25, 0.3) is 0 Å². The molecule has 1 atom stereocenters. The molecular formula is C11H11FO3. The smallest absolute Gasteiger partial charge is 0.306 e. The fraction of sp³-hybridized carbons (Fsp3) is 0.364. The summed E-state index contributed by atoms with van der Waals surface area (Å²) in [6, 6.07) is 4.21. The van der Waals surface area contributed by atoms with E-state index in [0.29, 0.717) is 30.8 Å². The molecule has 15 heavy (non-hydrogen) atoms. The number of fused-ring (bicyclic) bond motifs is 1. The maximum atomic E-state index is 13.0. The molecule has 3 nitrogen and oxygen atoms in total. The van der Waals surface area contributed by atoms with Crippen LogP contribution in [0.4, 0.5) is 4.39 Å². The van der Waals surface area contributed by atoms with E-state index in [1.807, 2.05) is 0 Å². The first-order valence-corrected chi connectivity index (χ1v) is 4.81. The molecule has 80 valence electrons. The van der Waals surface area contributed by atoms with Crippen molar-refractivity contribution in [2.24, 2.45) is 5.92 Å². The van der Waals surface area contributed by atoms with Gasteiger partial charge in [-0.25, -0.2) is 4.39 Å². The number of halogens is 1. The fourth-order valence-corrected chi connectivity index (χ4v) is 1.74. The van der Waals surface area contributed by atoms with E-state index in [4.69, 9.17) is 9.84 Å². The number of hydrogen-bond donors (Lipinski definition) is 1. The second kappa shape index (κ2) is 3.88. The summed E-state index contributed by atoms with van der Waals surface area (Å²) in [4.78, 5) is 10.9. The summed E-state index contributed by atoms with van der Waals surface area (Å²) in [5, 5.41) is 8.91. The average molecular weight is 210 g/mol. The SMILES string of the molecule is O=C(O)C1CCOc2ccc(F)cc2C1. The normalized spacial score (nSPS) is 19.9. The van der Waals surface area contributed by atoms with Gasteiger partial charge in [-0.15, -0.1) is 0 Å². The minimum atomic E-state index is -0.851. The third kappa shape index (κ3) is 2.09. The van der Waals surface area contributed by atoms with Gasteiger partial charge in [0.25, 0.3) is 0 Å². The van der Waals surface area contributed by atoms with Crippen LogP contribution in [0.5, 0.6) is 5.75 Å². The minimum Gasteiger partial charge on any atom is -0.493 e. The van der Waals surface area contributed by atoms with Crippen LogP contribution < -0.4 is 4.74 Å². The molecule has 0 amide bonds. The molecular weight excluding hydrogens is 199 g/mol. The lowest BCUT2D eigenvalue weighted by Gasteiger charge is -2.07. The number of carboxylic acids is 1. The molecule has 0 radical (unpaired) electrons. The molecule has 0 fully saturated rings. The van der Waals surface area contributed by atoms with Gasteiger partial charge in [-0.05, 0) is 36.6 Å². The van der Waals surface area contributed by atoms with Crippen molar-refractivity contribution in [3.8, 4) is 5.75 Å². The van der Waals surface area contributed by atoms with Crippen LogP contribution in [0.1, 0.15) is 12.0 Å². The quantitative estimate of drug-likeness (QED) is 0.769. The van der Waals surface area contributed by atoms with Crippen molar-refractivity contribution in [3.05, 3.63) is 29.6 Å². The lowest BCUT2D eigenvalue weighted by Crippen LogP contribution is -2.16. The molecule has 1 N–H and O–H groups in total. The Labute approximate surface area is 86.5 Å². The Hall–Kier alpha value is -1.58.